The minimum Gasteiger partial charge on any atom is -0.324 e. The zero-order valence-electron chi connectivity index (χ0n) is 14.3. The van der Waals surface area contributed by atoms with E-state index in [1.165, 1.54) is 4.57 Å². The normalized spacial score (nSPS) is 12.0. The molecule has 2 rings (SSSR count). The number of carbonyl (C=O) groups is 1. The van der Waals surface area contributed by atoms with Crippen LogP contribution in [0.15, 0.2) is 29.1 Å². The van der Waals surface area contributed by atoms with Gasteiger partial charge in [0.05, 0.1) is 0 Å². The zero-order valence-corrected chi connectivity index (χ0v) is 14.3. The first-order valence-corrected chi connectivity index (χ1v) is 7.78. The van der Waals surface area contributed by atoms with Crippen LogP contribution in [-0.4, -0.2) is 15.5 Å². The number of anilines is 1. The third-order valence-corrected chi connectivity index (χ3v) is 3.93. The van der Waals surface area contributed by atoms with Crippen LogP contribution in [-0.2, 0) is 4.79 Å². The van der Waals surface area contributed by atoms with Gasteiger partial charge in [0.25, 0.3) is 0 Å². The molecule has 23 heavy (non-hydrogen) atoms. The number of carbonyl (C=O) groups excluding carboxylic acids is 1. The Balaban J connectivity index is 2.36. The summed E-state index contributed by atoms with van der Waals surface area (Å²) in [5, 5.41) is 2.94. The van der Waals surface area contributed by atoms with Crippen molar-refractivity contribution in [3.8, 4) is 0 Å². The molecule has 0 unspecified atom stereocenters. The average molecular weight is 313 g/mol. The summed E-state index contributed by atoms with van der Waals surface area (Å²) in [4.78, 5) is 28.9. The number of hydrogen-bond acceptors (Lipinski definition) is 3. The van der Waals surface area contributed by atoms with Crippen LogP contribution in [0.25, 0.3) is 0 Å². The molecule has 1 heterocycles. The van der Waals surface area contributed by atoms with E-state index in [1.807, 2.05) is 52.0 Å². The van der Waals surface area contributed by atoms with Crippen LogP contribution in [0.3, 0.4) is 0 Å². The van der Waals surface area contributed by atoms with Crippen molar-refractivity contribution in [2.45, 2.75) is 47.1 Å². The van der Waals surface area contributed by atoms with E-state index in [4.69, 9.17) is 0 Å². The van der Waals surface area contributed by atoms with Crippen LogP contribution in [0.5, 0.6) is 0 Å². The lowest BCUT2D eigenvalue weighted by atomic mass is 10.1. The smallest absolute Gasteiger partial charge is 0.324 e. The fraction of sp³-hybridized carbons (Fsp3) is 0.389. The first kappa shape index (κ1) is 16.9. The van der Waals surface area contributed by atoms with Gasteiger partial charge in [-0.15, -0.1) is 0 Å². The maximum absolute atomic E-state index is 12.7. The fourth-order valence-electron chi connectivity index (χ4n) is 2.71. The largest absolute Gasteiger partial charge is 0.348 e. The van der Waals surface area contributed by atoms with E-state index >= 15 is 0 Å². The molecular weight excluding hydrogens is 290 g/mol. The van der Waals surface area contributed by atoms with E-state index in [0.29, 0.717) is 12.1 Å². The summed E-state index contributed by atoms with van der Waals surface area (Å²) in [5.74, 6) is -0.197. The minimum absolute atomic E-state index is 0.197. The highest BCUT2D eigenvalue weighted by Gasteiger charge is 2.22. The maximum Gasteiger partial charge on any atom is 0.348 e. The van der Waals surface area contributed by atoms with Crippen molar-refractivity contribution in [1.29, 1.82) is 0 Å². The Kier molecular flexibility index (Phi) is 4.98. The van der Waals surface area contributed by atoms with Crippen LogP contribution < -0.4 is 11.0 Å². The second-order valence-corrected chi connectivity index (χ2v) is 5.92. The average Bonchev–Trinajstić information content (AvgIpc) is 2.46. The van der Waals surface area contributed by atoms with Crippen LogP contribution in [0, 0.1) is 27.7 Å². The molecule has 5 heteroatoms. The number of benzene rings is 1. The Morgan fingerprint density at radius 3 is 2.52 bits per heavy atom. The highest BCUT2D eigenvalue weighted by atomic mass is 16.2. The van der Waals surface area contributed by atoms with Gasteiger partial charge in [-0.05, 0) is 57.4 Å². The standard InChI is InChI=1S/C18H23N3O2/c1-6-16(21-14(5)10-13(4)19-18(21)23)17(22)20-15-9-11(2)7-8-12(15)3/h7-10,16H,6H2,1-5H3,(H,20,22)/t16-/m0/s1. The first-order chi connectivity index (χ1) is 10.8. The number of aromatic nitrogens is 2. The third-order valence-electron chi connectivity index (χ3n) is 3.93. The van der Waals surface area contributed by atoms with Crippen molar-refractivity contribution in [1.82, 2.24) is 9.55 Å². The Labute approximate surface area is 136 Å². The molecule has 0 spiro atoms. The second-order valence-electron chi connectivity index (χ2n) is 5.92. The van der Waals surface area contributed by atoms with E-state index in [0.717, 1.165) is 22.5 Å². The Hall–Kier alpha value is -2.43. The molecule has 0 aliphatic rings. The van der Waals surface area contributed by atoms with Gasteiger partial charge in [0, 0.05) is 17.1 Å². The summed E-state index contributed by atoms with van der Waals surface area (Å²) >= 11 is 0. The SMILES string of the molecule is CC[C@@H](C(=O)Nc1cc(C)ccc1C)n1c(C)cc(C)nc1=O. The van der Waals surface area contributed by atoms with Crippen LogP contribution in [0.1, 0.15) is 41.9 Å². The summed E-state index contributed by atoms with van der Waals surface area (Å²) in [6, 6.07) is 7.14. The number of aryl methyl sites for hydroxylation is 4. The number of amides is 1. The Morgan fingerprint density at radius 1 is 1.22 bits per heavy atom. The molecule has 0 saturated heterocycles. The Bertz CT molecular complexity index is 793. The second kappa shape index (κ2) is 6.77. The van der Waals surface area contributed by atoms with Gasteiger partial charge in [-0.1, -0.05) is 19.1 Å². The lowest BCUT2D eigenvalue weighted by Gasteiger charge is -2.20. The van der Waals surface area contributed by atoms with Gasteiger partial charge in [-0.25, -0.2) is 4.79 Å². The molecule has 1 aromatic heterocycles. The number of rotatable bonds is 4. The van der Waals surface area contributed by atoms with Gasteiger partial charge in [-0.2, -0.15) is 4.98 Å². The molecule has 1 N–H and O–H groups in total. The summed E-state index contributed by atoms with van der Waals surface area (Å²) in [7, 11) is 0. The van der Waals surface area contributed by atoms with Gasteiger partial charge >= 0.3 is 5.69 Å². The molecule has 0 saturated carbocycles. The lowest BCUT2D eigenvalue weighted by molar-refractivity contribution is -0.119. The molecule has 1 atom stereocenters. The van der Waals surface area contributed by atoms with E-state index in [-0.39, 0.29) is 11.6 Å². The van der Waals surface area contributed by atoms with Crippen molar-refractivity contribution in [3.63, 3.8) is 0 Å². The van der Waals surface area contributed by atoms with Crippen LogP contribution >= 0.6 is 0 Å². The predicted molar refractivity (Wildman–Crippen MR) is 91.8 cm³/mol. The van der Waals surface area contributed by atoms with Crippen molar-refractivity contribution in [2.75, 3.05) is 5.32 Å². The van der Waals surface area contributed by atoms with Gasteiger partial charge in [0.2, 0.25) is 5.91 Å². The number of nitrogens with one attached hydrogen (secondary N) is 1. The molecule has 5 nitrogen and oxygen atoms in total. The van der Waals surface area contributed by atoms with Crippen molar-refractivity contribution >= 4 is 11.6 Å². The topological polar surface area (TPSA) is 64.0 Å². The number of hydrogen-bond donors (Lipinski definition) is 1. The van der Waals surface area contributed by atoms with E-state index in [9.17, 15) is 9.59 Å². The maximum atomic E-state index is 12.7. The van der Waals surface area contributed by atoms with Crippen molar-refractivity contribution < 1.29 is 4.79 Å². The first-order valence-electron chi connectivity index (χ1n) is 7.78. The molecule has 0 aliphatic carbocycles. The zero-order chi connectivity index (χ0) is 17.1. The molecule has 1 aromatic carbocycles. The van der Waals surface area contributed by atoms with Gasteiger partial charge < -0.3 is 5.32 Å². The van der Waals surface area contributed by atoms with Gasteiger partial charge in [0.15, 0.2) is 0 Å². The molecular formula is C18H23N3O2. The van der Waals surface area contributed by atoms with Gasteiger partial charge in [0.1, 0.15) is 6.04 Å². The highest BCUT2D eigenvalue weighted by molar-refractivity contribution is 5.94. The molecule has 1 amide bonds. The lowest BCUT2D eigenvalue weighted by Crippen LogP contribution is -2.36. The quantitative estimate of drug-likeness (QED) is 0.943. The monoisotopic (exact) mass is 313 g/mol. The molecule has 0 fully saturated rings. The van der Waals surface area contributed by atoms with Crippen LogP contribution in [0.2, 0.25) is 0 Å². The van der Waals surface area contributed by atoms with E-state index in [2.05, 4.69) is 10.3 Å². The fourth-order valence-corrected chi connectivity index (χ4v) is 2.71. The third kappa shape index (κ3) is 3.67. The summed E-state index contributed by atoms with van der Waals surface area (Å²) < 4.78 is 1.47. The van der Waals surface area contributed by atoms with Crippen molar-refractivity contribution in [2.24, 2.45) is 0 Å². The highest BCUT2D eigenvalue weighted by Crippen LogP contribution is 2.20. The van der Waals surface area contributed by atoms with Crippen molar-refractivity contribution in [3.05, 3.63) is 57.3 Å². The molecule has 0 aliphatic heterocycles. The molecule has 0 bridgehead atoms. The minimum atomic E-state index is -0.574. The predicted octanol–water partition coefficient (Wildman–Crippen LogP) is 3.07. The summed E-state index contributed by atoms with van der Waals surface area (Å²) in [6.45, 7) is 9.41. The summed E-state index contributed by atoms with van der Waals surface area (Å²) in [6.07, 6.45) is 0.516. The van der Waals surface area contributed by atoms with E-state index < -0.39 is 6.04 Å². The van der Waals surface area contributed by atoms with Crippen LogP contribution in [0.4, 0.5) is 5.69 Å². The molecule has 0 radical (unpaired) electrons. The van der Waals surface area contributed by atoms with E-state index in [1.54, 1.807) is 6.92 Å². The van der Waals surface area contributed by atoms with Gasteiger partial charge in [-0.3, -0.25) is 9.36 Å². The number of nitrogens with zero attached hydrogens (tertiary/aromatic N) is 2. The molecule has 122 valence electrons. The molecule has 2 aromatic rings. The Morgan fingerprint density at radius 2 is 1.91 bits per heavy atom. The summed E-state index contributed by atoms with van der Waals surface area (Å²) in [5.41, 5.74) is 3.86.